The van der Waals surface area contributed by atoms with Crippen molar-refractivity contribution in [2.24, 2.45) is 0 Å². The van der Waals surface area contributed by atoms with E-state index in [4.69, 9.17) is 5.11 Å². The lowest BCUT2D eigenvalue weighted by Crippen LogP contribution is -2.10. The molecular weight excluding hydrogens is 320 g/mol. The highest BCUT2D eigenvalue weighted by Gasteiger charge is 2.27. The molecule has 0 aliphatic rings. The summed E-state index contributed by atoms with van der Waals surface area (Å²) in [7, 11) is 0. The van der Waals surface area contributed by atoms with Crippen LogP contribution in [0.15, 0.2) is 12.1 Å². The molecule has 0 radical (unpaired) electrons. The van der Waals surface area contributed by atoms with Crippen molar-refractivity contribution in [2.75, 3.05) is 0 Å². The van der Waals surface area contributed by atoms with Crippen molar-refractivity contribution in [3.05, 3.63) is 33.4 Å². The van der Waals surface area contributed by atoms with Crippen molar-refractivity contribution in [1.82, 2.24) is 0 Å². The van der Waals surface area contributed by atoms with Crippen LogP contribution in [0.4, 0.5) is 14.5 Å². The summed E-state index contributed by atoms with van der Waals surface area (Å²) in [6, 6.07) is 1.99. The third-order valence-electron chi connectivity index (χ3n) is 1.92. The second-order valence-corrected chi connectivity index (χ2v) is 3.62. The Kier molecular flexibility index (Phi) is 4.54. The molecule has 1 aromatic carbocycles. The van der Waals surface area contributed by atoms with Crippen LogP contribution in [-0.4, -0.2) is 22.6 Å². The molecule has 0 heterocycles. The van der Waals surface area contributed by atoms with Crippen LogP contribution in [0.3, 0.4) is 0 Å². The molecule has 0 aliphatic carbocycles. The molecular formula is C9H6BrF2NO5. The van der Waals surface area contributed by atoms with E-state index in [0.717, 1.165) is 12.1 Å². The van der Waals surface area contributed by atoms with Gasteiger partial charge < -0.3 is 9.84 Å². The number of nitro groups is 1. The van der Waals surface area contributed by atoms with Crippen molar-refractivity contribution in [3.63, 3.8) is 0 Å². The Morgan fingerprint density at radius 3 is 2.56 bits per heavy atom. The van der Waals surface area contributed by atoms with Crippen molar-refractivity contribution in [3.8, 4) is 5.75 Å². The van der Waals surface area contributed by atoms with Gasteiger partial charge in [0.15, 0.2) is 5.56 Å². The highest BCUT2D eigenvalue weighted by molar-refractivity contribution is 9.08. The van der Waals surface area contributed by atoms with E-state index >= 15 is 0 Å². The Balaban J connectivity index is 3.49. The van der Waals surface area contributed by atoms with Gasteiger partial charge in [-0.3, -0.25) is 10.1 Å². The Morgan fingerprint density at radius 1 is 1.56 bits per heavy atom. The molecule has 0 atom stereocenters. The molecule has 0 saturated carbocycles. The van der Waals surface area contributed by atoms with E-state index in [1.54, 1.807) is 0 Å². The first-order chi connectivity index (χ1) is 8.36. The third kappa shape index (κ3) is 3.13. The number of hydrogen-bond donors (Lipinski definition) is 1. The molecule has 6 nitrogen and oxygen atoms in total. The quantitative estimate of drug-likeness (QED) is 0.510. The number of halogens is 3. The zero-order chi connectivity index (χ0) is 13.9. The van der Waals surface area contributed by atoms with E-state index in [1.807, 2.05) is 0 Å². The number of alkyl halides is 3. The first-order valence-corrected chi connectivity index (χ1v) is 5.54. The molecule has 1 aromatic rings. The summed E-state index contributed by atoms with van der Waals surface area (Å²) < 4.78 is 28.3. The van der Waals surface area contributed by atoms with Gasteiger partial charge in [-0.15, -0.1) is 0 Å². The second kappa shape index (κ2) is 5.71. The fourth-order valence-electron chi connectivity index (χ4n) is 1.28. The van der Waals surface area contributed by atoms with Crippen molar-refractivity contribution < 1.29 is 28.3 Å². The lowest BCUT2D eigenvalue weighted by atomic mass is 10.1. The Bertz CT molecular complexity index is 494. The average Bonchev–Trinajstić information content (AvgIpc) is 2.26. The van der Waals surface area contributed by atoms with Gasteiger partial charge in [-0.2, -0.15) is 8.78 Å². The number of benzene rings is 1. The molecule has 0 bridgehead atoms. The Labute approximate surface area is 107 Å². The molecule has 9 heteroatoms. The van der Waals surface area contributed by atoms with Gasteiger partial charge in [-0.05, 0) is 11.6 Å². The van der Waals surface area contributed by atoms with E-state index in [-0.39, 0.29) is 10.9 Å². The smallest absolute Gasteiger partial charge is 0.387 e. The molecule has 0 amide bonds. The fourth-order valence-corrected chi connectivity index (χ4v) is 1.60. The lowest BCUT2D eigenvalue weighted by molar-refractivity contribution is -0.385. The summed E-state index contributed by atoms with van der Waals surface area (Å²) in [6.07, 6.45) is 0. The van der Waals surface area contributed by atoms with Crippen LogP contribution < -0.4 is 4.74 Å². The van der Waals surface area contributed by atoms with Crippen LogP contribution in [0.5, 0.6) is 5.75 Å². The molecule has 98 valence electrons. The van der Waals surface area contributed by atoms with E-state index in [9.17, 15) is 23.7 Å². The van der Waals surface area contributed by atoms with Gasteiger partial charge in [-0.1, -0.05) is 15.9 Å². The van der Waals surface area contributed by atoms with E-state index in [2.05, 4.69) is 20.7 Å². The van der Waals surface area contributed by atoms with Gasteiger partial charge in [0.2, 0.25) is 0 Å². The maximum atomic E-state index is 12.1. The number of hydrogen-bond acceptors (Lipinski definition) is 4. The van der Waals surface area contributed by atoms with Crippen molar-refractivity contribution >= 4 is 27.6 Å². The molecule has 0 saturated heterocycles. The topological polar surface area (TPSA) is 89.7 Å². The lowest BCUT2D eigenvalue weighted by Gasteiger charge is -2.09. The van der Waals surface area contributed by atoms with E-state index in [1.165, 1.54) is 0 Å². The fraction of sp³-hybridized carbons (Fsp3) is 0.222. The van der Waals surface area contributed by atoms with Gasteiger partial charge in [0.05, 0.1) is 4.92 Å². The number of carboxylic acid groups (broad SMARTS) is 1. The van der Waals surface area contributed by atoms with Crippen molar-refractivity contribution in [2.45, 2.75) is 11.9 Å². The molecule has 0 spiro atoms. The summed E-state index contributed by atoms with van der Waals surface area (Å²) in [5.74, 6) is -2.44. The van der Waals surface area contributed by atoms with E-state index in [0.29, 0.717) is 0 Å². The molecule has 1 rings (SSSR count). The summed E-state index contributed by atoms with van der Waals surface area (Å²) in [4.78, 5) is 20.6. The SMILES string of the molecule is O=C(O)c1c(OC(F)F)cc(CBr)cc1[N+](=O)[O-]. The van der Waals surface area contributed by atoms with Crippen LogP contribution in [-0.2, 0) is 5.33 Å². The summed E-state index contributed by atoms with van der Waals surface area (Å²) in [5, 5.41) is 19.7. The second-order valence-electron chi connectivity index (χ2n) is 3.06. The number of nitro benzene ring substituents is 1. The summed E-state index contributed by atoms with van der Waals surface area (Å²) in [5.41, 5.74) is -1.44. The van der Waals surface area contributed by atoms with Gasteiger partial charge in [0.1, 0.15) is 5.75 Å². The van der Waals surface area contributed by atoms with Crippen LogP contribution >= 0.6 is 15.9 Å². The molecule has 0 aromatic heterocycles. The number of carbonyl (C=O) groups is 1. The predicted octanol–water partition coefficient (Wildman–Crippen LogP) is 2.79. The van der Waals surface area contributed by atoms with E-state index < -0.39 is 34.5 Å². The molecule has 0 fully saturated rings. The standard InChI is InChI=1S/C9H6BrF2NO5/c10-3-4-1-5(13(16)17)7(8(14)15)6(2-4)18-9(11)12/h1-2,9H,3H2,(H,14,15). The zero-order valence-electron chi connectivity index (χ0n) is 8.60. The first kappa shape index (κ1) is 14.3. The maximum absolute atomic E-state index is 12.1. The third-order valence-corrected chi connectivity index (χ3v) is 2.57. The minimum atomic E-state index is -3.27. The van der Waals surface area contributed by atoms with Crippen molar-refractivity contribution in [1.29, 1.82) is 0 Å². The van der Waals surface area contributed by atoms with Crippen LogP contribution in [0.2, 0.25) is 0 Å². The number of ether oxygens (including phenoxy) is 1. The number of aromatic carboxylic acids is 1. The zero-order valence-corrected chi connectivity index (χ0v) is 10.2. The highest BCUT2D eigenvalue weighted by Crippen LogP contribution is 2.32. The minimum Gasteiger partial charge on any atom is -0.477 e. The van der Waals surface area contributed by atoms with Crippen LogP contribution in [0.1, 0.15) is 15.9 Å². The van der Waals surface area contributed by atoms with Gasteiger partial charge >= 0.3 is 12.6 Å². The molecule has 1 N–H and O–H groups in total. The van der Waals surface area contributed by atoms with Gasteiger partial charge in [-0.25, -0.2) is 4.79 Å². The average molecular weight is 326 g/mol. The number of rotatable bonds is 5. The highest BCUT2D eigenvalue weighted by atomic mass is 79.9. The normalized spacial score (nSPS) is 10.4. The number of nitrogens with zero attached hydrogens (tertiary/aromatic N) is 1. The molecule has 18 heavy (non-hydrogen) atoms. The van der Waals surface area contributed by atoms with Gasteiger partial charge in [0, 0.05) is 11.4 Å². The minimum absolute atomic E-state index is 0.132. The first-order valence-electron chi connectivity index (χ1n) is 4.42. The van der Waals surface area contributed by atoms with Crippen LogP contribution in [0, 0.1) is 10.1 Å². The Morgan fingerprint density at radius 2 is 2.17 bits per heavy atom. The summed E-state index contributed by atoms with van der Waals surface area (Å²) >= 11 is 2.99. The predicted molar refractivity (Wildman–Crippen MR) is 59.3 cm³/mol. The monoisotopic (exact) mass is 325 g/mol. The van der Waals surface area contributed by atoms with Gasteiger partial charge in [0.25, 0.3) is 5.69 Å². The molecule has 0 aliphatic heterocycles. The maximum Gasteiger partial charge on any atom is 0.387 e. The summed E-state index contributed by atoms with van der Waals surface area (Å²) in [6.45, 7) is -3.27. The Hall–Kier alpha value is -1.77. The largest absolute Gasteiger partial charge is 0.477 e. The number of carboxylic acids is 1. The molecule has 0 unspecified atom stereocenters. The van der Waals surface area contributed by atoms with Crippen LogP contribution in [0.25, 0.3) is 0 Å².